The molecule has 53 heavy (non-hydrogen) atoms. The van der Waals surface area contributed by atoms with Gasteiger partial charge in [0, 0.05) is 12.8 Å². The molecule has 0 aromatic heterocycles. The molecule has 2 aromatic carbocycles. The first-order valence-corrected chi connectivity index (χ1v) is 22.5. The van der Waals surface area contributed by atoms with E-state index in [1.54, 1.807) is 0 Å². The predicted molar refractivity (Wildman–Crippen MR) is 234 cm³/mol. The highest BCUT2D eigenvalue weighted by molar-refractivity contribution is 5.88. The average molecular weight is 719 g/mol. The zero-order chi connectivity index (χ0) is 38.0. The molecule has 0 amide bonds. The lowest BCUT2D eigenvalue weighted by molar-refractivity contribution is 0.00739. The number of unbranched alkanes of at least 4 members (excludes halogenated alkanes) is 20. The Labute approximate surface area is 328 Å². The van der Waals surface area contributed by atoms with Crippen molar-refractivity contribution in [2.45, 2.75) is 214 Å². The van der Waals surface area contributed by atoms with Crippen LogP contribution in [0.3, 0.4) is 0 Å². The summed E-state index contributed by atoms with van der Waals surface area (Å²) < 4.78 is 0. The van der Waals surface area contributed by atoms with E-state index in [1.165, 1.54) is 143 Å². The summed E-state index contributed by atoms with van der Waals surface area (Å²) in [6, 6.07) is 18.3. The zero-order valence-corrected chi connectivity index (χ0v) is 35.0. The van der Waals surface area contributed by atoms with Crippen LogP contribution in [0, 0.1) is 11.8 Å². The summed E-state index contributed by atoms with van der Waals surface area (Å²) in [7, 11) is 0. The molecule has 0 heterocycles. The van der Waals surface area contributed by atoms with Gasteiger partial charge in [-0.15, -0.1) is 16.6 Å². The zero-order valence-electron chi connectivity index (χ0n) is 35.0. The molecule has 0 bridgehead atoms. The minimum atomic E-state index is 0.881. The van der Waals surface area contributed by atoms with Gasteiger partial charge in [0.1, 0.15) is 0 Å². The van der Waals surface area contributed by atoms with Gasteiger partial charge in [-0.1, -0.05) is 192 Å². The largest absolute Gasteiger partial charge is 0.348 e. The van der Waals surface area contributed by atoms with E-state index in [0.717, 1.165) is 82.6 Å². The molecular weight excluding hydrogens is 641 g/mol. The molecule has 292 valence electrons. The van der Waals surface area contributed by atoms with Crippen molar-refractivity contribution >= 4 is 11.4 Å². The van der Waals surface area contributed by atoms with Crippen LogP contribution in [0.5, 0.6) is 0 Å². The van der Waals surface area contributed by atoms with Gasteiger partial charge in [0.25, 0.3) is 0 Å². The molecule has 0 N–H and O–H groups in total. The first-order chi connectivity index (χ1) is 26.2. The van der Waals surface area contributed by atoms with Crippen molar-refractivity contribution in [1.82, 2.24) is 0 Å². The van der Waals surface area contributed by atoms with Gasteiger partial charge in [0.2, 0.25) is 0 Å². The normalized spacial score (nSPS) is 11.4. The molecule has 0 aliphatic carbocycles. The highest BCUT2D eigenvalue weighted by atomic mass is 14.8. The van der Waals surface area contributed by atoms with Crippen LogP contribution in [0.1, 0.15) is 223 Å². The van der Waals surface area contributed by atoms with Gasteiger partial charge in [-0.3, -0.25) is 0 Å². The molecule has 0 aliphatic rings. The number of allylic oxidation sites excluding steroid dienone is 2. The van der Waals surface area contributed by atoms with Crippen molar-refractivity contribution in [3.8, 4) is 11.8 Å². The van der Waals surface area contributed by atoms with Crippen molar-refractivity contribution in [2.24, 2.45) is 0 Å². The number of benzene rings is 2. The fraction of sp³-hybridized carbons (Fsp3) is 0.647. The summed E-state index contributed by atoms with van der Waals surface area (Å²) in [6.45, 7) is 9.06. The maximum Gasteiger partial charge on any atom is 0.303 e. The van der Waals surface area contributed by atoms with Crippen molar-refractivity contribution < 1.29 is 4.79 Å². The second-order valence-electron chi connectivity index (χ2n) is 15.5. The molecule has 2 heteroatoms. The molecule has 0 aliphatic heterocycles. The molecule has 0 atom stereocenters. The second-order valence-corrected chi connectivity index (χ2v) is 15.5. The van der Waals surface area contributed by atoms with Crippen molar-refractivity contribution in [3.05, 3.63) is 87.5 Å². The van der Waals surface area contributed by atoms with Crippen LogP contribution < -0.4 is 0 Å². The summed E-state index contributed by atoms with van der Waals surface area (Å²) >= 11 is 0. The van der Waals surface area contributed by atoms with Crippen LogP contribution in [-0.4, -0.2) is 10.7 Å². The number of rotatable bonds is 31. The van der Waals surface area contributed by atoms with E-state index in [0.29, 0.717) is 0 Å². The van der Waals surface area contributed by atoms with E-state index in [2.05, 4.69) is 98.7 Å². The number of hydrogen-bond acceptors (Lipinski definition) is 0. The summed E-state index contributed by atoms with van der Waals surface area (Å²) in [6.07, 6.45) is 36.1. The van der Waals surface area contributed by atoms with Gasteiger partial charge in [-0.2, -0.15) is 0 Å². The molecular formula is C51H78N2. The Morgan fingerprint density at radius 3 is 1.62 bits per heavy atom. The summed E-state index contributed by atoms with van der Waals surface area (Å²) in [5.41, 5.74) is 18.7. The van der Waals surface area contributed by atoms with Crippen molar-refractivity contribution in [2.75, 3.05) is 0 Å². The van der Waals surface area contributed by atoms with Gasteiger partial charge in [-0.25, -0.2) is 0 Å². The maximum atomic E-state index is 9.75. The van der Waals surface area contributed by atoms with Gasteiger partial charge >= 0.3 is 5.87 Å². The minimum Gasteiger partial charge on any atom is -0.348 e. The standard InChI is InChI=1S/C51H78N2/c1-5-9-13-14-15-16-17-18-19-20-21-22-23-24-25-26-27-28-29-31-35-46-36-32-33-39-49(46)51(47-42-40-45(41-43-47)34-11-7-3)50(38-12-8-4)48(44-53-52)37-30-10-6-2/h32-33,36,39-43H,5-26,29-31,34-35,37-38H2,1-4H3. The third-order valence-corrected chi connectivity index (χ3v) is 10.8. The lowest BCUT2D eigenvalue weighted by atomic mass is 9.83. The third kappa shape index (κ3) is 20.8. The molecule has 0 spiro atoms. The molecule has 2 rings (SSSR count). The molecule has 0 saturated heterocycles. The highest BCUT2D eigenvalue weighted by Crippen LogP contribution is 2.37. The van der Waals surface area contributed by atoms with E-state index in [9.17, 15) is 5.53 Å². The smallest absolute Gasteiger partial charge is 0.303 e. The Morgan fingerprint density at radius 2 is 1.04 bits per heavy atom. The molecule has 0 fully saturated rings. The van der Waals surface area contributed by atoms with Crippen molar-refractivity contribution in [1.29, 1.82) is 0 Å². The Balaban J connectivity index is 2.00. The van der Waals surface area contributed by atoms with E-state index in [1.807, 2.05) is 0 Å². The topological polar surface area (TPSA) is 36.4 Å². The highest BCUT2D eigenvalue weighted by Gasteiger charge is 2.20. The maximum absolute atomic E-state index is 9.75. The first kappa shape index (κ1) is 46.1. The van der Waals surface area contributed by atoms with Crippen LogP contribution in [0.15, 0.2) is 59.7 Å². The number of aryl methyl sites for hydroxylation is 2. The lowest BCUT2D eigenvalue weighted by Gasteiger charge is -2.20. The van der Waals surface area contributed by atoms with Crippen LogP contribution >= 0.6 is 0 Å². The Bertz CT molecular complexity index is 1390. The molecule has 0 radical (unpaired) electrons. The van der Waals surface area contributed by atoms with Gasteiger partial charge in [0.05, 0.1) is 5.57 Å². The van der Waals surface area contributed by atoms with E-state index >= 15 is 0 Å². The van der Waals surface area contributed by atoms with Crippen LogP contribution in [0.4, 0.5) is 0 Å². The van der Waals surface area contributed by atoms with E-state index < -0.39 is 0 Å². The number of hydrogen-bond donors (Lipinski definition) is 0. The Morgan fingerprint density at radius 1 is 0.509 bits per heavy atom. The molecule has 2 nitrogen and oxygen atoms in total. The molecule has 2 aromatic rings. The van der Waals surface area contributed by atoms with Crippen LogP contribution in [-0.2, 0) is 12.8 Å². The average Bonchev–Trinajstić information content (AvgIpc) is 3.18. The van der Waals surface area contributed by atoms with Crippen LogP contribution in [0.2, 0.25) is 0 Å². The van der Waals surface area contributed by atoms with Crippen molar-refractivity contribution in [3.63, 3.8) is 0 Å². The minimum absolute atomic E-state index is 0.881. The van der Waals surface area contributed by atoms with Crippen LogP contribution in [0.25, 0.3) is 11.1 Å². The fourth-order valence-corrected chi connectivity index (χ4v) is 7.49. The SMILES string of the molecule is CCCCCCCCCCCCCCCCCC#CCCCc1ccccc1C(=C(CCCC)C(=C=[N+]=[N-])CCCCC)c1ccc(CCCC)cc1. The Kier molecular flexibility index (Phi) is 28.1. The van der Waals surface area contributed by atoms with Gasteiger partial charge in [0.15, 0.2) is 0 Å². The fourth-order valence-electron chi connectivity index (χ4n) is 7.49. The monoisotopic (exact) mass is 719 g/mol. The van der Waals surface area contributed by atoms with E-state index in [4.69, 9.17) is 0 Å². The van der Waals surface area contributed by atoms with Gasteiger partial charge < -0.3 is 5.53 Å². The second kappa shape index (κ2) is 32.3. The summed E-state index contributed by atoms with van der Waals surface area (Å²) in [5.74, 6) is 10.1. The summed E-state index contributed by atoms with van der Waals surface area (Å²) in [5, 5.41) is 0. The predicted octanol–water partition coefficient (Wildman–Crippen LogP) is 16.0. The molecule has 0 unspecified atom stereocenters. The third-order valence-electron chi connectivity index (χ3n) is 10.8. The summed E-state index contributed by atoms with van der Waals surface area (Å²) in [4.78, 5) is 3.48. The lowest BCUT2D eigenvalue weighted by Crippen LogP contribution is -2.04. The quantitative estimate of drug-likeness (QED) is 0.0186. The Hall–Kier alpha value is -3.10. The first-order valence-electron chi connectivity index (χ1n) is 22.5. The van der Waals surface area contributed by atoms with Gasteiger partial charge in [-0.05, 0) is 91.2 Å². The van der Waals surface area contributed by atoms with E-state index in [-0.39, 0.29) is 0 Å². The molecule has 0 saturated carbocycles. The number of nitrogens with zero attached hydrogens (tertiary/aromatic N) is 2.